The largest absolute Gasteiger partial charge is 0.383 e. The van der Waals surface area contributed by atoms with E-state index >= 15 is 0 Å². The lowest BCUT2D eigenvalue weighted by Crippen LogP contribution is -2.19. The van der Waals surface area contributed by atoms with Gasteiger partial charge in [0.25, 0.3) is 0 Å². The summed E-state index contributed by atoms with van der Waals surface area (Å²) in [4.78, 5) is 7.29. The maximum atomic E-state index is 4.89. The maximum Gasteiger partial charge on any atom is 0.120 e. The van der Waals surface area contributed by atoms with Crippen LogP contribution in [-0.2, 0) is 11.3 Å². The highest BCUT2D eigenvalue weighted by atomic mass is 16.5. The molecule has 0 unspecified atom stereocenters. The molecule has 0 aliphatic carbocycles. The number of aromatic nitrogens is 2. The fraction of sp³-hybridized carbons (Fsp3) is 0.625. The Morgan fingerprint density at radius 2 is 2.50 bits per heavy atom. The van der Waals surface area contributed by atoms with Crippen molar-refractivity contribution in [2.75, 3.05) is 20.3 Å². The van der Waals surface area contributed by atoms with Crippen molar-refractivity contribution >= 4 is 0 Å². The first kappa shape index (κ1) is 9.22. The van der Waals surface area contributed by atoms with Crippen LogP contribution in [0.2, 0.25) is 0 Å². The minimum Gasteiger partial charge on any atom is -0.383 e. The maximum absolute atomic E-state index is 4.89. The highest BCUT2D eigenvalue weighted by molar-refractivity contribution is 4.97. The molecule has 0 aliphatic rings. The predicted octanol–water partition coefficient (Wildman–Crippen LogP) is 0.454. The van der Waals surface area contributed by atoms with Gasteiger partial charge in [-0.1, -0.05) is 0 Å². The van der Waals surface area contributed by atoms with Gasteiger partial charge in [-0.25, -0.2) is 4.98 Å². The molecule has 0 radical (unpaired) electrons. The Bertz CT molecular complexity index is 222. The lowest BCUT2D eigenvalue weighted by molar-refractivity contribution is 0.199. The van der Waals surface area contributed by atoms with Crippen LogP contribution < -0.4 is 5.32 Å². The molecule has 0 aliphatic heterocycles. The molecule has 0 aromatic carbocycles. The van der Waals surface area contributed by atoms with Gasteiger partial charge >= 0.3 is 0 Å². The van der Waals surface area contributed by atoms with Gasteiger partial charge in [0, 0.05) is 25.5 Å². The molecular formula is C8H15N3O. The molecule has 2 N–H and O–H groups in total. The number of hydrogen-bond donors (Lipinski definition) is 2. The molecule has 4 nitrogen and oxygen atoms in total. The molecule has 0 bridgehead atoms. The lowest BCUT2D eigenvalue weighted by Gasteiger charge is -2.00. The molecule has 0 spiro atoms. The van der Waals surface area contributed by atoms with Crippen LogP contribution in [0.4, 0.5) is 0 Å². The van der Waals surface area contributed by atoms with E-state index in [0.717, 1.165) is 31.2 Å². The van der Waals surface area contributed by atoms with Crippen LogP contribution in [0.5, 0.6) is 0 Å². The predicted molar refractivity (Wildman–Crippen MR) is 46.9 cm³/mol. The van der Waals surface area contributed by atoms with Gasteiger partial charge in [-0.3, -0.25) is 0 Å². The van der Waals surface area contributed by atoms with E-state index in [-0.39, 0.29) is 0 Å². The lowest BCUT2D eigenvalue weighted by atomic mass is 10.5. The van der Waals surface area contributed by atoms with Crippen LogP contribution in [0.15, 0.2) is 6.20 Å². The minimum atomic E-state index is 0.736. The normalized spacial score (nSPS) is 10.5. The first-order valence-corrected chi connectivity index (χ1v) is 4.03. The van der Waals surface area contributed by atoms with E-state index in [1.165, 1.54) is 0 Å². The Labute approximate surface area is 72.3 Å². The van der Waals surface area contributed by atoms with Gasteiger partial charge in [-0.2, -0.15) is 0 Å². The number of nitrogens with one attached hydrogen (secondary N) is 2. The second-order valence-electron chi connectivity index (χ2n) is 2.68. The van der Waals surface area contributed by atoms with Crippen molar-refractivity contribution in [1.29, 1.82) is 0 Å². The summed E-state index contributed by atoms with van der Waals surface area (Å²) in [5.74, 6) is 0.976. The number of imidazole rings is 1. The van der Waals surface area contributed by atoms with Gasteiger partial charge in [0.2, 0.25) is 0 Å². The number of ether oxygens (including phenoxy) is 1. The van der Waals surface area contributed by atoms with Crippen LogP contribution >= 0.6 is 0 Å². The minimum absolute atomic E-state index is 0.736. The molecule has 0 saturated heterocycles. The zero-order chi connectivity index (χ0) is 8.81. The van der Waals surface area contributed by atoms with Gasteiger partial charge in [0.05, 0.1) is 13.2 Å². The number of aryl methyl sites for hydroxylation is 1. The molecule has 1 rings (SSSR count). The number of methoxy groups -OCH3 is 1. The first-order chi connectivity index (χ1) is 5.83. The van der Waals surface area contributed by atoms with E-state index in [1.807, 2.05) is 13.1 Å². The van der Waals surface area contributed by atoms with Gasteiger partial charge in [0.15, 0.2) is 0 Å². The van der Waals surface area contributed by atoms with Crippen LogP contribution in [0.25, 0.3) is 0 Å². The van der Waals surface area contributed by atoms with E-state index in [0.29, 0.717) is 0 Å². The third kappa shape index (κ3) is 3.02. The zero-order valence-electron chi connectivity index (χ0n) is 7.55. The molecule has 1 aromatic heterocycles. The molecule has 0 fully saturated rings. The summed E-state index contributed by atoms with van der Waals surface area (Å²) >= 11 is 0. The fourth-order valence-electron chi connectivity index (χ4n) is 0.938. The Hall–Kier alpha value is -0.870. The summed E-state index contributed by atoms with van der Waals surface area (Å²) in [6.07, 6.45) is 1.83. The smallest absolute Gasteiger partial charge is 0.120 e. The standard InChI is InChI=1S/C8H15N3O/c1-7-5-10-8(11-7)6-9-3-4-12-2/h5,9H,3-4,6H2,1-2H3,(H,10,11). The van der Waals surface area contributed by atoms with E-state index in [9.17, 15) is 0 Å². The average molecular weight is 169 g/mol. The van der Waals surface area contributed by atoms with Gasteiger partial charge < -0.3 is 15.0 Å². The van der Waals surface area contributed by atoms with Crippen LogP contribution in [-0.4, -0.2) is 30.2 Å². The van der Waals surface area contributed by atoms with E-state index in [2.05, 4.69) is 15.3 Å². The first-order valence-electron chi connectivity index (χ1n) is 4.03. The Kier molecular flexibility index (Phi) is 3.76. The summed E-state index contributed by atoms with van der Waals surface area (Å²) in [6, 6.07) is 0. The van der Waals surface area contributed by atoms with Gasteiger partial charge in [-0.15, -0.1) is 0 Å². The van der Waals surface area contributed by atoms with Crippen molar-refractivity contribution in [3.8, 4) is 0 Å². The Balaban J connectivity index is 2.15. The van der Waals surface area contributed by atoms with Crippen molar-refractivity contribution in [2.24, 2.45) is 0 Å². The van der Waals surface area contributed by atoms with Crippen LogP contribution in [0.3, 0.4) is 0 Å². The SMILES string of the molecule is COCCNCc1ncc(C)[nH]1. The van der Waals surface area contributed by atoms with Crippen molar-refractivity contribution in [2.45, 2.75) is 13.5 Å². The Morgan fingerprint density at radius 1 is 1.67 bits per heavy atom. The molecule has 1 heterocycles. The summed E-state index contributed by atoms with van der Waals surface area (Å²) in [6.45, 7) is 4.36. The summed E-state index contributed by atoms with van der Waals surface area (Å²) in [7, 11) is 1.69. The third-order valence-corrected chi connectivity index (χ3v) is 1.53. The molecule has 0 amide bonds. The van der Waals surface area contributed by atoms with E-state index in [1.54, 1.807) is 7.11 Å². The molecule has 0 atom stereocenters. The number of H-pyrrole nitrogens is 1. The van der Waals surface area contributed by atoms with Crippen molar-refractivity contribution in [1.82, 2.24) is 15.3 Å². The monoisotopic (exact) mass is 169 g/mol. The average Bonchev–Trinajstić information content (AvgIpc) is 2.45. The zero-order valence-corrected chi connectivity index (χ0v) is 7.55. The Morgan fingerprint density at radius 3 is 3.08 bits per heavy atom. The van der Waals surface area contributed by atoms with Crippen LogP contribution in [0, 0.1) is 6.92 Å². The van der Waals surface area contributed by atoms with E-state index < -0.39 is 0 Å². The summed E-state index contributed by atoms with van der Waals surface area (Å²) in [5, 5.41) is 3.20. The fourth-order valence-corrected chi connectivity index (χ4v) is 0.938. The quantitative estimate of drug-likeness (QED) is 0.629. The van der Waals surface area contributed by atoms with Gasteiger partial charge in [-0.05, 0) is 6.92 Å². The molecule has 0 saturated carbocycles. The molecule has 12 heavy (non-hydrogen) atoms. The second kappa shape index (κ2) is 4.90. The van der Waals surface area contributed by atoms with E-state index in [4.69, 9.17) is 4.74 Å². The highest BCUT2D eigenvalue weighted by Gasteiger charge is 1.94. The number of hydrogen-bond acceptors (Lipinski definition) is 3. The topological polar surface area (TPSA) is 49.9 Å². The van der Waals surface area contributed by atoms with Crippen LogP contribution in [0.1, 0.15) is 11.5 Å². The number of aromatic amines is 1. The second-order valence-corrected chi connectivity index (χ2v) is 2.68. The third-order valence-electron chi connectivity index (χ3n) is 1.53. The van der Waals surface area contributed by atoms with Crippen molar-refractivity contribution < 1.29 is 4.74 Å². The van der Waals surface area contributed by atoms with Crippen molar-refractivity contribution in [3.05, 3.63) is 17.7 Å². The molecule has 68 valence electrons. The summed E-state index contributed by atoms with van der Waals surface area (Å²) < 4.78 is 4.89. The molecule has 4 heteroatoms. The number of rotatable bonds is 5. The molecule has 1 aromatic rings. The highest BCUT2D eigenvalue weighted by Crippen LogP contribution is 1.93. The van der Waals surface area contributed by atoms with Gasteiger partial charge in [0.1, 0.15) is 5.82 Å². The number of nitrogens with zero attached hydrogens (tertiary/aromatic N) is 1. The summed E-state index contributed by atoms with van der Waals surface area (Å²) in [5.41, 5.74) is 1.10. The van der Waals surface area contributed by atoms with Crippen molar-refractivity contribution in [3.63, 3.8) is 0 Å². The molecular weight excluding hydrogens is 154 g/mol.